The smallest absolute Gasteiger partial charge is 0.317 e. The number of aryl methyl sites for hydroxylation is 1. The van der Waals surface area contributed by atoms with Gasteiger partial charge in [-0.15, -0.1) is 0 Å². The van der Waals surface area contributed by atoms with E-state index in [2.05, 4.69) is 62.4 Å². The van der Waals surface area contributed by atoms with E-state index in [9.17, 15) is 4.79 Å². The molecule has 4 nitrogen and oxygen atoms in total. The van der Waals surface area contributed by atoms with Crippen LogP contribution in [0, 0.1) is 6.92 Å². The number of carbonyl (C=O) groups is 1. The molecule has 1 fully saturated rings. The topological polar surface area (TPSA) is 35.6 Å². The zero-order chi connectivity index (χ0) is 17.0. The number of likely N-dealkylation sites (N-methyl/N-ethyl adjacent to an activating group) is 1. The molecule has 0 unspecified atom stereocenters. The molecular weight excluding hydrogens is 286 g/mol. The molecule has 0 saturated heterocycles. The molecule has 23 heavy (non-hydrogen) atoms. The summed E-state index contributed by atoms with van der Waals surface area (Å²) < 4.78 is 0. The molecule has 1 saturated carbocycles. The van der Waals surface area contributed by atoms with Gasteiger partial charge in [-0.25, -0.2) is 4.79 Å². The highest BCUT2D eigenvalue weighted by Crippen LogP contribution is 2.33. The standard InChI is InChI=1S/C19H31N3O/c1-15-8-10-17(11-9-15)16(2)22(5)18(23)20-14-19(21(3)4)12-6-7-13-19/h8-11,16H,6-7,12-14H2,1-5H3,(H,20,23)/t16-/m0/s1. The molecule has 2 rings (SSSR count). The van der Waals surface area contributed by atoms with Crippen molar-refractivity contribution in [3.63, 3.8) is 0 Å². The fourth-order valence-corrected chi connectivity index (χ4v) is 3.42. The summed E-state index contributed by atoms with van der Waals surface area (Å²) in [4.78, 5) is 16.6. The average molecular weight is 317 g/mol. The summed E-state index contributed by atoms with van der Waals surface area (Å²) in [5.74, 6) is 0. The molecule has 2 amide bonds. The second kappa shape index (κ2) is 7.35. The van der Waals surface area contributed by atoms with Gasteiger partial charge in [-0.05, 0) is 46.3 Å². The van der Waals surface area contributed by atoms with Gasteiger partial charge in [0.2, 0.25) is 0 Å². The van der Waals surface area contributed by atoms with E-state index in [4.69, 9.17) is 0 Å². The number of carbonyl (C=O) groups excluding carboxylic acids is 1. The van der Waals surface area contributed by atoms with Crippen LogP contribution in [-0.4, -0.2) is 49.1 Å². The Morgan fingerprint density at radius 1 is 1.17 bits per heavy atom. The van der Waals surface area contributed by atoms with Crippen LogP contribution in [0.25, 0.3) is 0 Å². The molecule has 1 aromatic rings. The predicted molar refractivity (Wildman–Crippen MR) is 95.6 cm³/mol. The highest BCUT2D eigenvalue weighted by atomic mass is 16.2. The van der Waals surface area contributed by atoms with Crippen molar-refractivity contribution in [2.45, 2.75) is 51.1 Å². The van der Waals surface area contributed by atoms with Gasteiger partial charge in [0, 0.05) is 19.1 Å². The molecular formula is C19H31N3O. The third-order valence-electron chi connectivity index (χ3n) is 5.51. The molecule has 1 atom stereocenters. The van der Waals surface area contributed by atoms with Crippen LogP contribution >= 0.6 is 0 Å². The van der Waals surface area contributed by atoms with Crippen molar-refractivity contribution >= 4 is 6.03 Å². The lowest BCUT2D eigenvalue weighted by Gasteiger charge is -2.37. The van der Waals surface area contributed by atoms with Gasteiger partial charge in [0.15, 0.2) is 0 Å². The summed E-state index contributed by atoms with van der Waals surface area (Å²) in [6, 6.07) is 8.46. The van der Waals surface area contributed by atoms with Crippen molar-refractivity contribution in [1.82, 2.24) is 15.1 Å². The molecule has 0 aromatic heterocycles. The van der Waals surface area contributed by atoms with Crippen LogP contribution < -0.4 is 5.32 Å². The lowest BCUT2D eigenvalue weighted by Crippen LogP contribution is -2.52. The maximum Gasteiger partial charge on any atom is 0.317 e. The van der Waals surface area contributed by atoms with Gasteiger partial charge in [0.05, 0.1) is 6.04 Å². The molecule has 1 aliphatic rings. The SMILES string of the molecule is Cc1ccc([C@H](C)N(C)C(=O)NCC2(N(C)C)CCCC2)cc1. The van der Waals surface area contributed by atoms with E-state index in [1.165, 1.54) is 18.4 Å². The van der Waals surface area contributed by atoms with E-state index in [0.29, 0.717) is 0 Å². The van der Waals surface area contributed by atoms with E-state index in [1.54, 1.807) is 4.90 Å². The summed E-state index contributed by atoms with van der Waals surface area (Å²) in [6.45, 7) is 4.87. The number of amides is 2. The minimum atomic E-state index is 0.00574. The molecule has 1 aromatic carbocycles. The zero-order valence-corrected chi connectivity index (χ0v) is 15.2. The summed E-state index contributed by atoms with van der Waals surface area (Å²) in [5.41, 5.74) is 2.53. The number of hydrogen-bond donors (Lipinski definition) is 1. The Kier molecular flexibility index (Phi) is 5.69. The normalized spacial score (nSPS) is 18.0. The van der Waals surface area contributed by atoms with E-state index in [1.807, 2.05) is 7.05 Å². The zero-order valence-electron chi connectivity index (χ0n) is 15.2. The maximum absolute atomic E-state index is 12.5. The van der Waals surface area contributed by atoms with Crippen molar-refractivity contribution in [1.29, 1.82) is 0 Å². The third-order valence-corrected chi connectivity index (χ3v) is 5.51. The number of hydrogen-bond acceptors (Lipinski definition) is 2. The van der Waals surface area contributed by atoms with Gasteiger partial charge < -0.3 is 15.1 Å². The van der Waals surface area contributed by atoms with Crippen LogP contribution in [0.3, 0.4) is 0 Å². The Bertz CT molecular complexity index is 518. The van der Waals surface area contributed by atoms with Crippen LogP contribution in [0.15, 0.2) is 24.3 Å². The lowest BCUT2D eigenvalue weighted by atomic mass is 9.96. The largest absolute Gasteiger partial charge is 0.336 e. The molecule has 0 spiro atoms. The van der Waals surface area contributed by atoms with Crippen molar-refractivity contribution < 1.29 is 4.79 Å². The monoisotopic (exact) mass is 317 g/mol. The van der Waals surface area contributed by atoms with E-state index >= 15 is 0 Å². The quantitative estimate of drug-likeness (QED) is 0.901. The number of nitrogens with one attached hydrogen (secondary N) is 1. The first-order chi connectivity index (χ1) is 10.9. The first-order valence-corrected chi connectivity index (χ1v) is 8.60. The van der Waals surface area contributed by atoms with Gasteiger partial charge in [-0.2, -0.15) is 0 Å². The first kappa shape index (κ1) is 17.8. The molecule has 128 valence electrons. The highest BCUT2D eigenvalue weighted by Gasteiger charge is 2.36. The van der Waals surface area contributed by atoms with Gasteiger partial charge in [0.1, 0.15) is 0 Å². The molecule has 1 aliphatic carbocycles. The lowest BCUT2D eigenvalue weighted by molar-refractivity contribution is 0.145. The summed E-state index contributed by atoms with van der Waals surface area (Å²) in [7, 11) is 6.11. The Balaban J connectivity index is 1.95. The van der Waals surface area contributed by atoms with Gasteiger partial charge in [-0.3, -0.25) is 0 Å². The maximum atomic E-state index is 12.5. The number of benzene rings is 1. The first-order valence-electron chi connectivity index (χ1n) is 8.60. The van der Waals surface area contributed by atoms with Gasteiger partial charge >= 0.3 is 6.03 Å². The summed E-state index contributed by atoms with van der Waals surface area (Å²) >= 11 is 0. The molecule has 0 radical (unpaired) electrons. The Morgan fingerprint density at radius 2 is 1.74 bits per heavy atom. The molecule has 0 aliphatic heterocycles. The second-order valence-electron chi connectivity index (χ2n) is 7.18. The highest BCUT2D eigenvalue weighted by molar-refractivity contribution is 5.74. The Hall–Kier alpha value is -1.55. The van der Waals surface area contributed by atoms with E-state index in [-0.39, 0.29) is 17.6 Å². The van der Waals surface area contributed by atoms with Crippen molar-refractivity contribution in [3.8, 4) is 0 Å². The van der Waals surface area contributed by atoms with E-state index < -0.39 is 0 Å². The van der Waals surface area contributed by atoms with Crippen LogP contribution in [0.2, 0.25) is 0 Å². The Morgan fingerprint density at radius 3 is 2.26 bits per heavy atom. The summed E-state index contributed by atoms with van der Waals surface area (Å²) in [5, 5.41) is 3.15. The number of nitrogens with zero attached hydrogens (tertiary/aromatic N) is 2. The molecule has 1 N–H and O–H groups in total. The Labute approximate surface area is 140 Å². The van der Waals surface area contributed by atoms with Crippen LogP contribution in [0.4, 0.5) is 4.79 Å². The van der Waals surface area contributed by atoms with Gasteiger partial charge in [-0.1, -0.05) is 42.7 Å². The fraction of sp³-hybridized carbons (Fsp3) is 0.632. The van der Waals surface area contributed by atoms with Crippen LogP contribution in [0.1, 0.15) is 49.8 Å². The molecule has 0 heterocycles. The van der Waals surface area contributed by atoms with Crippen molar-refractivity contribution in [3.05, 3.63) is 35.4 Å². The molecule has 4 heteroatoms. The predicted octanol–water partition coefficient (Wildman–Crippen LogP) is 3.57. The van der Waals surface area contributed by atoms with Crippen molar-refractivity contribution in [2.24, 2.45) is 0 Å². The van der Waals surface area contributed by atoms with Crippen LogP contribution in [0.5, 0.6) is 0 Å². The fourth-order valence-electron chi connectivity index (χ4n) is 3.42. The van der Waals surface area contributed by atoms with Gasteiger partial charge in [0.25, 0.3) is 0 Å². The minimum Gasteiger partial charge on any atom is -0.336 e. The minimum absolute atomic E-state index is 0.00574. The van der Waals surface area contributed by atoms with Crippen molar-refractivity contribution in [2.75, 3.05) is 27.7 Å². The molecule has 0 bridgehead atoms. The average Bonchev–Trinajstić information content (AvgIpc) is 3.02. The number of rotatable bonds is 5. The number of urea groups is 1. The summed E-state index contributed by atoms with van der Waals surface area (Å²) in [6.07, 6.45) is 4.84. The van der Waals surface area contributed by atoms with Crippen LogP contribution in [-0.2, 0) is 0 Å². The van der Waals surface area contributed by atoms with E-state index in [0.717, 1.165) is 24.9 Å². The second-order valence-corrected chi connectivity index (χ2v) is 7.18. The third kappa shape index (κ3) is 4.05.